The van der Waals surface area contributed by atoms with Crippen molar-refractivity contribution in [2.24, 2.45) is 0 Å². The number of amides is 2. The Hall–Kier alpha value is -2.95. The van der Waals surface area contributed by atoms with Crippen LogP contribution in [0, 0.1) is 0 Å². The van der Waals surface area contributed by atoms with Gasteiger partial charge in [0.05, 0.1) is 19.7 Å². The standard InChI is InChI=1S/C21H28BN3O6/c1-30-14-17(24-20(26)16-11-7-13-19(23-16)31-2)21(27)25-18(22(28)29)12-6-10-15-8-4-3-5-9-15/h3-5,7-9,11,13,17-18,28-29H,6,10,12,14H2,1-2H3,(H,24,26)(H,25,27)/t17-,18+/m1/s1. The molecular formula is C21H28BN3O6. The molecule has 0 saturated carbocycles. The average Bonchev–Trinajstić information content (AvgIpc) is 2.78. The van der Waals surface area contributed by atoms with Crippen LogP contribution in [0.5, 0.6) is 5.88 Å². The number of ether oxygens (including phenoxy) is 2. The second kappa shape index (κ2) is 12.7. The Morgan fingerprint density at radius 1 is 1.06 bits per heavy atom. The van der Waals surface area contributed by atoms with Gasteiger partial charge in [-0.05, 0) is 30.9 Å². The minimum Gasteiger partial charge on any atom is -0.481 e. The first-order chi connectivity index (χ1) is 14.9. The van der Waals surface area contributed by atoms with Gasteiger partial charge in [-0.2, -0.15) is 0 Å². The van der Waals surface area contributed by atoms with Gasteiger partial charge in [0.2, 0.25) is 11.8 Å². The lowest BCUT2D eigenvalue weighted by atomic mass is 9.76. The predicted molar refractivity (Wildman–Crippen MR) is 115 cm³/mol. The molecule has 0 saturated heterocycles. The summed E-state index contributed by atoms with van der Waals surface area (Å²) in [5.41, 5.74) is 1.20. The Labute approximate surface area is 181 Å². The van der Waals surface area contributed by atoms with E-state index in [1.165, 1.54) is 20.3 Å². The Morgan fingerprint density at radius 2 is 1.81 bits per heavy atom. The Balaban J connectivity index is 1.96. The molecule has 0 aliphatic carbocycles. The van der Waals surface area contributed by atoms with Crippen molar-refractivity contribution in [3.8, 4) is 5.88 Å². The topological polar surface area (TPSA) is 130 Å². The van der Waals surface area contributed by atoms with E-state index in [0.717, 1.165) is 12.0 Å². The third-order valence-electron chi connectivity index (χ3n) is 4.63. The lowest BCUT2D eigenvalue weighted by molar-refractivity contribution is -0.124. The first kappa shape index (κ1) is 24.3. The molecule has 10 heteroatoms. The lowest BCUT2D eigenvalue weighted by Gasteiger charge is -2.22. The molecule has 1 aromatic carbocycles. The third-order valence-corrected chi connectivity index (χ3v) is 4.63. The zero-order chi connectivity index (χ0) is 22.6. The van der Waals surface area contributed by atoms with Crippen LogP contribution in [-0.4, -0.2) is 66.8 Å². The second-order valence-corrected chi connectivity index (χ2v) is 6.95. The minimum absolute atomic E-state index is 0.0786. The highest BCUT2D eigenvalue weighted by atomic mass is 16.5. The van der Waals surface area contributed by atoms with Gasteiger partial charge in [-0.25, -0.2) is 4.98 Å². The molecular weight excluding hydrogens is 401 g/mol. The van der Waals surface area contributed by atoms with Crippen LogP contribution in [0.1, 0.15) is 28.9 Å². The van der Waals surface area contributed by atoms with Crippen molar-refractivity contribution in [3.63, 3.8) is 0 Å². The molecule has 4 N–H and O–H groups in total. The monoisotopic (exact) mass is 429 g/mol. The number of rotatable bonds is 12. The molecule has 166 valence electrons. The van der Waals surface area contributed by atoms with E-state index in [9.17, 15) is 19.6 Å². The zero-order valence-electron chi connectivity index (χ0n) is 17.7. The van der Waals surface area contributed by atoms with Crippen molar-refractivity contribution < 1.29 is 29.1 Å². The summed E-state index contributed by atoms with van der Waals surface area (Å²) < 4.78 is 10.0. The molecule has 2 rings (SSSR count). The number of carbonyl (C=O) groups is 2. The average molecular weight is 429 g/mol. The number of aryl methyl sites for hydroxylation is 1. The Morgan fingerprint density at radius 3 is 2.45 bits per heavy atom. The van der Waals surface area contributed by atoms with E-state index in [-0.39, 0.29) is 18.2 Å². The summed E-state index contributed by atoms with van der Waals surface area (Å²) in [6.07, 6.45) is 1.73. The fourth-order valence-corrected chi connectivity index (χ4v) is 2.99. The molecule has 0 unspecified atom stereocenters. The van der Waals surface area contributed by atoms with Gasteiger partial charge in [0, 0.05) is 13.2 Å². The predicted octanol–water partition coefficient (Wildman–Crippen LogP) is 0.355. The van der Waals surface area contributed by atoms with Gasteiger partial charge in [0.15, 0.2) is 0 Å². The molecule has 9 nitrogen and oxygen atoms in total. The largest absolute Gasteiger partial charge is 0.481 e. The van der Waals surface area contributed by atoms with Crippen LogP contribution in [-0.2, 0) is 16.0 Å². The van der Waals surface area contributed by atoms with Crippen LogP contribution >= 0.6 is 0 Å². The number of nitrogens with zero attached hydrogens (tertiary/aromatic N) is 1. The SMILES string of the molecule is COC[C@@H](NC(=O)c1cccc(OC)n1)C(=O)N[C@@H](CCCc1ccccc1)B(O)O. The molecule has 31 heavy (non-hydrogen) atoms. The van der Waals surface area contributed by atoms with Crippen LogP contribution in [0.15, 0.2) is 48.5 Å². The molecule has 0 bridgehead atoms. The number of nitrogens with one attached hydrogen (secondary N) is 2. The van der Waals surface area contributed by atoms with Gasteiger partial charge in [0.25, 0.3) is 5.91 Å². The summed E-state index contributed by atoms with van der Waals surface area (Å²) in [6, 6.07) is 13.4. The van der Waals surface area contributed by atoms with E-state index in [2.05, 4.69) is 15.6 Å². The van der Waals surface area contributed by atoms with Gasteiger partial charge >= 0.3 is 7.12 Å². The van der Waals surface area contributed by atoms with E-state index in [4.69, 9.17) is 9.47 Å². The van der Waals surface area contributed by atoms with Gasteiger partial charge in [0.1, 0.15) is 11.7 Å². The van der Waals surface area contributed by atoms with E-state index in [0.29, 0.717) is 12.8 Å². The van der Waals surface area contributed by atoms with Gasteiger partial charge < -0.3 is 30.2 Å². The molecule has 2 atom stereocenters. The van der Waals surface area contributed by atoms with E-state index in [1.807, 2.05) is 30.3 Å². The van der Waals surface area contributed by atoms with Crippen LogP contribution in [0.2, 0.25) is 0 Å². The first-order valence-corrected chi connectivity index (χ1v) is 9.96. The van der Waals surface area contributed by atoms with Crippen molar-refractivity contribution >= 4 is 18.9 Å². The molecule has 0 radical (unpaired) electrons. The fourth-order valence-electron chi connectivity index (χ4n) is 2.99. The van der Waals surface area contributed by atoms with Crippen molar-refractivity contribution in [1.29, 1.82) is 0 Å². The van der Waals surface area contributed by atoms with Crippen LogP contribution in [0.25, 0.3) is 0 Å². The van der Waals surface area contributed by atoms with E-state index < -0.39 is 30.9 Å². The smallest absolute Gasteiger partial charge is 0.475 e. The van der Waals surface area contributed by atoms with Crippen molar-refractivity contribution in [1.82, 2.24) is 15.6 Å². The first-order valence-electron chi connectivity index (χ1n) is 9.96. The number of carbonyl (C=O) groups excluding carboxylic acids is 2. The molecule has 0 aliphatic heterocycles. The zero-order valence-corrected chi connectivity index (χ0v) is 17.7. The van der Waals surface area contributed by atoms with Crippen LogP contribution in [0.3, 0.4) is 0 Å². The summed E-state index contributed by atoms with van der Waals surface area (Å²) in [4.78, 5) is 29.2. The number of benzene rings is 1. The molecule has 2 amide bonds. The molecule has 1 aromatic heterocycles. The van der Waals surface area contributed by atoms with Crippen LogP contribution in [0.4, 0.5) is 0 Å². The fraction of sp³-hybridized carbons (Fsp3) is 0.381. The maximum absolute atomic E-state index is 12.7. The van der Waals surface area contributed by atoms with Crippen molar-refractivity contribution in [2.75, 3.05) is 20.8 Å². The highest BCUT2D eigenvalue weighted by Crippen LogP contribution is 2.09. The number of hydrogen-bond acceptors (Lipinski definition) is 7. The number of methoxy groups -OCH3 is 2. The molecule has 2 aromatic rings. The normalized spacial score (nSPS) is 12.5. The molecule has 0 spiro atoms. The quantitative estimate of drug-likeness (QED) is 0.359. The molecule has 0 aliphatic rings. The molecule has 0 fully saturated rings. The second-order valence-electron chi connectivity index (χ2n) is 6.95. The van der Waals surface area contributed by atoms with Gasteiger partial charge in [-0.15, -0.1) is 0 Å². The van der Waals surface area contributed by atoms with E-state index in [1.54, 1.807) is 12.1 Å². The minimum atomic E-state index is -1.74. The Kier molecular flexibility index (Phi) is 9.95. The highest BCUT2D eigenvalue weighted by Gasteiger charge is 2.29. The summed E-state index contributed by atoms with van der Waals surface area (Å²) >= 11 is 0. The summed E-state index contributed by atoms with van der Waals surface area (Å²) in [5.74, 6) is -1.79. The number of pyridine rings is 1. The van der Waals surface area contributed by atoms with Gasteiger partial charge in [-0.3, -0.25) is 9.59 Å². The van der Waals surface area contributed by atoms with Crippen LogP contribution < -0.4 is 15.4 Å². The number of aromatic nitrogens is 1. The Bertz CT molecular complexity index is 837. The lowest BCUT2D eigenvalue weighted by Crippen LogP contribution is -2.55. The molecule has 1 heterocycles. The summed E-state index contributed by atoms with van der Waals surface area (Å²) in [7, 11) is 1.09. The third kappa shape index (κ3) is 8.01. The highest BCUT2D eigenvalue weighted by molar-refractivity contribution is 6.43. The van der Waals surface area contributed by atoms with Gasteiger partial charge in [-0.1, -0.05) is 36.4 Å². The summed E-state index contributed by atoms with van der Waals surface area (Å²) in [6.45, 7) is -0.0974. The maximum atomic E-state index is 12.7. The van der Waals surface area contributed by atoms with Crippen molar-refractivity contribution in [3.05, 3.63) is 59.8 Å². The summed E-state index contributed by atoms with van der Waals surface area (Å²) in [5, 5.41) is 24.5. The van der Waals surface area contributed by atoms with E-state index >= 15 is 0 Å². The number of hydrogen-bond donors (Lipinski definition) is 4. The maximum Gasteiger partial charge on any atom is 0.475 e. The van der Waals surface area contributed by atoms with Crippen molar-refractivity contribution in [2.45, 2.75) is 31.2 Å².